The summed E-state index contributed by atoms with van der Waals surface area (Å²) >= 11 is 6.00. The molecule has 1 aromatic carbocycles. The summed E-state index contributed by atoms with van der Waals surface area (Å²) in [7, 11) is 2.04. The van der Waals surface area contributed by atoms with Crippen LogP contribution in [0.4, 0.5) is 24.7 Å². The van der Waals surface area contributed by atoms with E-state index in [0.29, 0.717) is 36.1 Å². The summed E-state index contributed by atoms with van der Waals surface area (Å²) in [5, 5.41) is 15.9. The van der Waals surface area contributed by atoms with Gasteiger partial charge in [-0.25, -0.2) is 0 Å². The van der Waals surface area contributed by atoms with Gasteiger partial charge in [0.1, 0.15) is 0 Å². The highest BCUT2D eigenvalue weighted by atomic mass is 35.5. The van der Waals surface area contributed by atoms with Crippen molar-refractivity contribution in [2.45, 2.75) is 25.1 Å². The molecule has 2 aromatic heterocycles. The molecule has 0 saturated carbocycles. The zero-order valence-electron chi connectivity index (χ0n) is 17.7. The highest BCUT2D eigenvalue weighted by Gasteiger charge is 2.34. The largest absolute Gasteiger partial charge is 0.416 e. The summed E-state index contributed by atoms with van der Waals surface area (Å²) in [6.07, 6.45) is -3.53. The standard InChI is InChI=1S/C21H21ClF3N7O/c1-31-6-4-12(10-31)18-27-20(33-30-18)16-9-17-19(29-28-16)26-5-7-32(17)11-13-8-14(22)2-3-15(13)21(23,24)25/h2-3,8-9,12H,4-7,10-11H2,1H3,(H,26,29). The monoisotopic (exact) mass is 479 g/mol. The minimum atomic E-state index is -4.48. The van der Waals surface area contributed by atoms with Crippen LogP contribution < -0.4 is 10.2 Å². The van der Waals surface area contributed by atoms with Gasteiger partial charge >= 0.3 is 6.18 Å². The fourth-order valence-electron chi connectivity index (χ4n) is 4.27. The molecular formula is C21H21ClF3N7O. The van der Waals surface area contributed by atoms with E-state index in [9.17, 15) is 13.2 Å². The van der Waals surface area contributed by atoms with Crippen LogP contribution in [-0.2, 0) is 12.7 Å². The molecule has 0 radical (unpaired) electrons. The van der Waals surface area contributed by atoms with E-state index in [-0.39, 0.29) is 28.9 Å². The topological polar surface area (TPSA) is 83.2 Å². The van der Waals surface area contributed by atoms with Crippen LogP contribution in [0.25, 0.3) is 11.6 Å². The van der Waals surface area contributed by atoms with Crippen molar-refractivity contribution in [2.75, 3.05) is 43.4 Å². The maximum Gasteiger partial charge on any atom is 0.416 e. The van der Waals surface area contributed by atoms with E-state index in [0.717, 1.165) is 25.6 Å². The van der Waals surface area contributed by atoms with Crippen molar-refractivity contribution in [3.8, 4) is 11.6 Å². The van der Waals surface area contributed by atoms with Crippen LogP contribution in [0, 0.1) is 0 Å². The number of aromatic nitrogens is 4. The predicted octanol–water partition coefficient (Wildman–Crippen LogP) is 4.05. The van der Waals surface area contributed by atoms with Gasteiger partial charge in [0.15, 0.2) is 17.3 Å². The number of nitrogens with one attached hydrogen (secondary N) is 1. The molecule has 8 nitrogen and oxygen atoms in total. The second-order valence-corrected chi connectivity index (χ2v) is 8.75. The van der Waals surface area contributed by atoms with Gasteiger partial charge in [-0.1, -0.05) is 16.8 Å². The lowest BCUT2D eigenvalue weighted by Gasteiger charge is -2.31. The number of likely N-dealkylation sites (N-methyl/N-ethyl adjacent to an activating group) is 1. The summed E-state index contributed by atoms with van der Waals surface area (Å²) in [5.74, 6) is 1.54. The van der Waals surface area contributed by atoms with Gasteiger partial charge in [0.25, 0.3) is 5.89 Å². The van der Waals surface area contributed by atoms with Gasteiger partial charge in [0, 0.05) is 37.1 Å². The second kappa shape index (κ2) is 8.45. The Balaban J connectivity index is 1.44. The number of anilines is 2. The van der Waals surface area contributed by atoms with Crippen molar-refractivity contribution in [1.82, 2.24) is 25.2 Å². The smallest absolute Gasteiger partial charge is 0.365 e. The van der Waals surface area contributed by atoms with E-state index in [1.807, 2.05) is 11.9 Å². The van der Waals surface area contributed by atoms with Gasteiger partial charge in [0.2, 0.25) is 0 Å². The first kappa shape index (κ1) is 21.9. The summed E-state index contributed by atoms with van der Waals surface area (Å²) in [6, 6.07) is 5.32. The lowest BCUT2D eigenvalue weighted by molar-refractivity contribution is -0.138. The number of fused-ring (bicyclic) bond motifs is 1. The van der Waals surface area contributed by atoms with Crippen molar-refractivity contribution in [1.29, 1.82) is 0 Å². The number of hydrogen-bond donors (Lipinski definition) is 1. The Bertz CT molecular complexity index is 1170. The SMILES string of the molecule is CN1CCC(c2noc(-c3cc4c(nn3)NCCN4Cc3cc(Cl)ccc3C(F)(F)F)n2)C1. The number of halogens is 4. The van der Waals surface area contributed by atoms with E-state index < -0.39 is 11.7 Å². The third kappa shape index (κ3) is 4.47. The van der Waals surface area contributed by atoms with Crippen LogP contribution in [0.15, 0.2) is 28.8 Å². The molecule has 3 aromatic rings. The fraction of sp³-hybridized carbons (Fsp3) is 0.429. The maximum atomic E-state index is 13.5. The number of alkyl halides is 3. The third-order valence-electron chi connectivity index (χ3n) is 5.94. The Morgan fingerprint density at radius 3 is 2.82 bits per heavy atom. The van der Waals surface area contributed by atoms with Gasteiger partial charge in [-0.05, 0) is 49.8 Å². The summed E-state index contributed by atoms with van der Waals surface area (Å²) in [4.78, 5) is 8.52. The van der Waals surface area contributed by atoms with Gasteiger partial charge in [-0.2, -0.15) is 18.2 Å². The number of hydrogen-bond acceptors (Lipinski definition) is 8. The molecule has 5 rings (SSSR count). The van der Waals surface area contributed by atoms with E-state index >= 15 is 0 Å². The predicted molar refractivity (Wildman–Crippen MR) is 116 cm³/mol. The van der Waals surface area contributed by atoms with Gasteiger partial charge < -0.3 is 19.6 Å². The Kier molecular flexibility index (Phi) is 5.61. The van der Waals surface area contributed by atoms with E-state index in [2.05, 4.69) is 30.6 Å². The quantitative estimate of drug-likeness (QED) is 0.600. The Labute approximate surface area is 192 Å². The molecule has 174 valence electrons. The molecule has 1 N–H and O–H groups in total. The average Bonchev–Trinajstić information content (AvgIpc) is 3.42. The van der Waals surface area contributed by atoms with E-state index in [1.54, 1.807) is 6.07 Å². The number of likely N-dealkylation sites (tertiary alicyclic amines) is 1. The van der Waals surface area contributed by atoms with Crippen LogP contribution in [0.5, 0.6) is 0 Å². The van der Waals surface area contributed by atoms with Crippen LogP contribution in [0.1, 0.15) is 29.3 Å². The van der Waals surface area contributed by atoms with Crippen LogP contribution in [0.3, 0.4) is 0 Å². The Morgan fingerprint density at radius 1 is 1.21 bits per heavy atom. The molecule has 1 saturated heterocycles. The molecule has 0 bridgehead atoms. The second-order valence-electron chi connectivity index (χ2n) is 8.32. The van der Waals surface area contributed by atoms with Crippen molar-refractivity contribution < 1.29 is 17.7 Å². The molecule has 2 aliphatic heterocycles. The minimum absolute atomic E-state index is 0.0126. The van der Waals surface area contributed by atoms with Crippen molar-refractivity contribution >= 4 is 23.1 Å². The first-order chi connectivity index (χ1) is 15.8. The van der Waals surface area contributed by atoms with Gasteiger partial charge in [0.05, 0.1) is 11.3 Å². The first-order valence-corrected chi connectivity index (χ1v) is 10.9. The molecule has 2 aliphatic rings. The van der Waals surface area contributed by atoms with Gasteiger partial charge in [-0.15, -0.1) is 10.2 Å². The molecule has 1 unspecified atom stereocenters. The molecular weight excluding hydrogens is 459 g/mol. The Morgan fingerprint density at radius 2 is 2.06 bits per heavy atom. The van der Waals surface area contributed by atoms with Crippen LogP contribution in [0.2, 0.25) is 5.02 Å². The summed E-state index contributed by atoms with van der Waals surface area (Å²) in [6.45, 7) is 2.83. The molecule has 12 heteroatoms. The zero-order valence-corrected chi connectivity index (χ0v) is 18.5. The zero-order chi connectivity index (χ0) is 23.2. The molecule has 0 aliphatic carbocycles. The van der Waals surface area contributed by atoms with Crippen molar-refractivity contribution in [3.63, 3.8) is 0 Å². The van der Waals surface area contributed by atoms with Crippen LogP contribution >= 0.6 is 11.6 Å². The van der Waals surface area contributed by atoms with Crippen molar-refractivity contribution in [3.05, 3.63) is 46.2 Å². The molecule has 33 heavy (non-hydrogen) atoms. The average molecular weight is 480 g/mol. The molecule has 0 spiro atoms. The number of benzene rings is 1. The van der Waals surface area contributed by atoms with E-state index in [4.69, 9.17) is 16.1 Å². The molecule has 1 atom stereocenters. The lowest BCUT2D eigenvalue weighted by atomic mass is 10.1. The molecule has 1 fully saturated rings. The highest BCUT2D eigenvalue weighted by molar-refractivity contribution is 6.30. The number of rotatable bonds is 4. The first-order valence-electron chi connectivity index (χ1n) is 10.5. The number of nitrogens with zero attached hydrogens (tertiary/aromatic N) is 6. The lowest BCUT2D eigenvalue weighted by Crippen LogP contribution is -2.34. The Hall–Kier alpha value is -2.92. The molecule has 4 heterocycles. The van der Waals surface area contributed by atoms with E-state index in [1.165, 1.54) is 12.1 Å². The highest BCUT2D eigenvalue weighted by Crippen LogP contribution is 2.37. The van der Waals surface area contributed by atoms with Crippen LogP contribution in [-0.4, -0.2) is 58.5 Å². The fourth-order valence-corrected chi connectivity index (χ4v) is 4.47. The molecule has 0 amide bonds. The summed E-state index contributed by atoms with van der Waals surface area (Å²) in [5.41, 5.74) is 0.360. The minimum Gasteiger partial charge on any atom is -0.365 e. The van der Waals surface area contributed by atoms with Gasteiger partial charge in [-0.3, -0.25) is 0 Å². The summed E-state index contributed by atoms with van der Waals surface area (Å²) < 4.78 is 46.1. The maximum absolute atomic E-state index is 13.5. The normalized spacial score (nSPS) is 18.9. The van der Waals surface area contributed by atoms with Crippen molar-refractivity contribution in [2.24, 2.45) is 0 Å². The third-order valence-corrected chi connectivity index (χ3v) is 6.17.